The average Bonchev–Trinajstić information content (AvgIpc) is 2.56. The van der Waals surface area contributed by atoms with E-state index in [1.54, 1.807) is 0 Å². The zero-order chi connectivity index (χ0) is 15.4. The number of aryl methyl sites for hydroxylation is 2. The number of para-hydroxylation sites is 2. The molecule has 2 aromatic rings. The minimum absolute atomic E-state index is 0.0828. The van der Waals surface area contributed by atoms with E-state index in [4.69, 9.17) is 4.74 Å². The van der Waals surface area contributed by atoms with Gasteiger partial charge in [0.15, 0.2) is 0 Å². The molecule has 0 aliphatic heterocycles. The molecular weight excluding hydrogens is 274 g/mol. The second-order valence-electron chi connectivity index (χ2n) is 5.57. The van der Waals surface area contributed by atoms with Crippen LogP contribution in [-0.2, 0) is 12.8 Å². The van der Waals surface area contributed by atoms with Crippen LogP contribution in [0.4, 0.5) is 5.69 Å². The summed E-state index contributed by atoms with van der Waals surface area (Å²) in [4.78, 5) is 12.5. The van der Waals surface area contributed by atoms with Gasteiger partial charge in [-0.3, -0.25) is 4.79 Å². The first-order chi connectivity index (χ1) is 10.8. The highest BCUT2D eigenvalue weighted by Gasteiger charge is 2.14. The molecule has 0 aromatic heterocycles. The van der Waals surface area contributed by atoms with Crippen molar-refractivity contribution in [3.63, 3.8) is 0 Å². The lowest BCUT2D eigenvalue weighted by Crippen LogP contribution is -2.14. The lowest BCUT2D eigenvalue weighted by atomic mass is 9.90. The van der Waals surface area contributed by atoms with Crippen LogP contribution in [0.25, 0.3) is 0 Å². The summed E-state index contributed by atoms with van der Waals surface area (Å²) in [6.07, 6.45) is 4.67. The van der Waals surface area contributed by atoms with E-state index in [9.17, 15) is 4.79 Å². The summed E-state index contributed by atoms with van der Waals surface area (Å²) in [5.74, 6) is 0.622. The zero-order valence-corrected chi connectivity index (χ0v) is 12.9. The van der Waals surface area contributed by atoms with Crippen LogP contribution in [-0.4, -0.2) is 12.5 Å². The second-order valence-corrected chi connectivity index (χ2v) is 5.57. The van der Waals surface area contributed by atoms with Crippen molar-refractivity contribution in [1.29, 1.82) is 0 Å². The Balaban J connectivity index is 1.80. The van der Waals surface area contributed by atoms with Crippen molar-refractivity contribution in [3.05, 3.63) is 59.2 Å². The standard InChI is InChI=1S/C19H21NO2/c1-2-22-18-10-6-5-9-17(18)20-19(21)16-12-11-14-7-3-4-8-15(14)13-16/h5-6,9-13H,2-4,7-8H2,1H3,(H,20,21). The van der Waals surface area contributed by atoms with Gasteiger partial charge in [-0.25, -0.2) is 0 Å². The van der Waals surface area contributed by atoms with E-state index >= 15 is 0 Å². The van der Waals surface area contributed by atoms with E-state index in [0.717, 1.165) is 12.8 Å². The smallest absolute Gasteiger partial charge is 0.255 e. The van der Waals surface area contributed by atoms with Crippen molar-refractivity contribution in [3.8, 4) is 5.75 Å². The third-order valence-electron chi connectivity index (χ3n) is 4.05. The lowest BCUT2D eigenvalue weighted by Gasteiger charge is -2.17. The highest BCUT2D eigenvalue weighted by molar-refractivity contribution is 6.05. The summed E-state index contributed by atoms with van der Waals surface area (Å²) in [6.45, 7) is 2.51. The van der Waals surface area contributed by atoms with Gasteiger partial charge in [-0.15, -0.1) is 0 Å². The molecule has 1 aliphatic carbocycles. The molecule has 0 fully saturated rings. The Morgan fingerprint density at radius 1 is 1.09 bits per heavy atom. The summed E-state index contributed by atoms with van der Waals surface area (Å²) < 4.78 is 5.55. The molecule has 0 radical (unpaired) electrons. The first-order valence-corrected chi connectivity index (χ1v) is 7.93. The van der Waals surface area contributed by atoms with Gasteiger partial charge in [-0.1, -0.05) is 18.2 Å². The molecule has 1 aliphatic rings. The third kappa shape index (κ3) is 3.14. The molecular formula is C19H21NO2. The molecule has 22 heavy (non-hydrogen) atoms. The minimum atomic E-state index is -0.0828. The van der Waals surface area contributed by atoms with Crippen molar-refractivity contribution in [2.24, 2.45) is 0 Å². The minimum Gasteiger partial charge on any atom is -0.492 e. The fraction of sp³-hybridized carbons (Fsp3) is 0.316. The van der Waals surface area contributed by atoms with Crippen LogP contribution in [0.2, 0.25) is 0 Å². The Morgan fingerprint density at radius 3 is 2.68 bits per heavy atom. The third-order valence-corrected chi connectivity index (χ3v) is 4.05. The van der Waals surface area contributed by atoms with E-state index in [0.29, 0.717) is 23.6 Å². The van der Waals surface area contributed by atoms with Gasteiger partial charge in [-0.2, -0.15) is 0 Å². The average molecular weight is 295 g/mol. The quantitative estimate of drug-likeness (QED) is 0.917. The lowest BCUT2D eigenvalue weighted by molar-refractivity contribution is 0.102. The molecule has 0 saturated carbocycles. The number of ether oxygens (including phenoxy) is 1. The van der Waals surface area contributed by atoms with Crippen LogP contribution < -0.4 is 10.1 Å². The number of hydrogen-bond acceptors (Lipinski definition) is 2. The molecule has 3 heteroatoms. The van der Waals surface area contributed by atoms with Gasteiger partial charge in [0.2, 0.25) is 0 Å². The molecule has 2 aromatic carbocycles. The summed E-state index contributed by atoms with van der Waals surface area (Å²) in [7, 11) is 0. The van der Waals surface area contributed by atoms with Crippen LogP contribution in [0, 0.1) is 0 Å². The van der Waals surface area contributed by atoms with Crippen LogP contribution >= 0.6 is 0 Å². The Morgan fingerprint density at radius 2 is 1.86 bits per heavy atom. The van der Waals surface area contributed by atoms with Crippen LogP contribution in [0.3, 0.4) is 0 Å². The molecule has 0 bridgehead atoms. The molecule has 1 N–H and O–H groups in total. The van der Waals surface area contributed by atoms with Crippen molar-refractivity contribution in [2.45, 2.75) is 32.6 Å². The Kier molecular flexibility index (Phi) is 4.42. The van der Waals surface area contributed by atoms with Crippen LogP contribution in [0.5, 0.6) is 5.75 Å². The first kappa shape index (κ1) is 14.6. The van der Waals surface area contributed by atoms with Gasteiger partial charge in [0.1, 0.15) is 5.75 Å². The van der Waals surface area contributed by atoms with E-state index in [2.05, 4.69) is 11.4 Å². The summed E-state index contributed by atoms with van der Waals surface area (Å²) in [5.41, 5.74) is 4.13. The highest BCUT2D eigenvalue weighted by Crippen LogP contribution is 2.26. The Labute approximate surface area is 131 Å². The number of rotatable bonds is 4. The van der Waals surface area contributed by atoms with Gasteiger partial charge < -0.3 is 10.1 Å². The van der Waals surface area contributed by atoms with Gasteiger partial charge >= 0.3 is 0 Å². The summed E-state index contributed by atoms with van der Waals surface area (Å²) in [5, 5.41) is 2.95. The zero-order valence-electron chi connectivity index (χ0n) is 12.9. The molecule has 0 unspecified atom stereocenters. The maximum Gasteiger partial charge on any atom is 0.255 e. The fourth-order valence-corrected chi connectivity index (χ4v) is 2.92. The Bertz CT molecular complexity index is 679. The number of benzene rings is 2. The summed E-state index contributed by atoms with van der Waals surface area (Å²) >= 11 is 0. The topological polar surface area (TPSA) is 38.3 Å². The molecule has 3 nitrogen and oxygen atoms in total. The van der Waals surface area contributed by atoms with Crippen molar-refractivity contribution in [1.82, 2.24) is 0 Å². The predicted molar refractivity (Wildman–Crippen MR) is 88.6 cm³/mol. The molecule has 3 rings (SSSR count). The highest BCUT2D eigenvalue weighted by atomic mass is 16.5. The number of carbonyl (C=O) groups is 1. The molecule has 0 heterocycles. The predicted octanol–water partition coefficient (Wildman–Crippen LogP) is 4.22. The fourth-order valence-electron chi connectivity index (χ4n) is 2.92. The molecule has 0 saturated heterocycles. The molecule has 0 spiro atoms. The van der Waals surface area contributed by atoms with Crippen molar-refractivity contribution < 1.29 is 9.53 Å². The van der Waals surface area contributed by atoms with E-state index in [1.807, 2.05) is 43.3 Å². The maximum absolute atomic E-state index is 12.5. The first-order valence-electron chi connectivity index (χ1n) is 7.93. The number of fused-ring (bicyclic) bond motifs is 1. The SMILES string of the molecule is CCOc1ccccc1NC(=O)c1ccc2c(c1)CCCC2. The number of anilines is 1. The maximum atomic E-state index is 12.5. The van der Waals surface area contributed by atoms with Gasteiger partial charge in [0.05, 0.1) is 12.3 Å². The number of nitrogens with one attached hydrogen (secondary N) is 1. The largest absolute Gasteiger partial charge is 0.492 e. The van der Waals surface area contributed by atoms with Crippen LogP contribution in [0.1, 0.15) is 41.3 Å². The normalized spacial score (nSPS) is 13.3. The van der Waals surface area contributed by atoms with E-state index in [1.165, 1.54) is 24.0 Å². The molecule has 114 valence electrons. The molecule has 0 atom stereocenters. The Hall–Kier alpha value is -2.29. The van der Waals surface area contributed by atoms with Crippen molar-refractivity contribution >= 4 is 11.6 Å². The number of amides is 1. The van der Waals surface area contributed by atoms with Gasteiger partial charge in [-0.05, 0) is 68.0 Å². The van der Waals surface area contributed by atoms with Gasteiger partial charge in [0.25, 0.3) is 5.91 Å². The second kappa shape index (κ2) is 6.65. The van der Waals surface area contributed by atoms with Crippen LogP contribution in [0.15, 0.2) is 42.5 Å². The molecule has 1 amide bonds. The number of hydrogen-bond donors (Lipinski definition) is 1. The summed E-state index contributed by atoms with van der Waals surface area (Å²) in [6, 6.07) is 13.6. The monoisotopic (exact) mass is 295 g/mol. The van der Waals surface area contributed by atoms with Crippen molar-refractivity contribution in [2.75, 3.05) is 11.9 Å². The number of carbonyl (C=O) groups excluding carboxylic acids is 1. The van der Waals surface area contributed by atoms with Gasteiger partial charge in [0, 0.05) is 5.56 Å². The van der Waals surface area contributed by atoms with E-state index in [-0.39, 0.29) is 5.91 Å². The van der Waals surface area contributed by atoms with E-state index < -0.39 is 0 Å².